The molecule has 3 aromatic rings. The maximum Gasteiger partial charge on any atom is 0.290 e. The summed E-state index contributed by atoms with van der Waals surface area (Å²) >= 11 is 0. The standard InChI is InChI=1S/C27H30N2O5/c1-5-16-33-19-10-8-18(9-11-19)24-23-25(30)21-13-12-20(32-6-2)17-22(21)34-26(23)27(31)29(24)15-7-14-28(3)4/h5,8-13,17,24H,1,6-7,14-16H2,2-4H3. The summed E-state index contributed by atoms with van der Waals surface area (Å²) < 4.78 is 17.2. The molecule has 0 saturated heterocycles. The minimum Gasteiger partial charge on any atom is -0.494 e. The molecular weight excluding hydrogens is 432 g/mol. The normalized spacial score (nSPS) is 15.1. The van der Waals surface area contributed by atoms with Crippen LogP contribution in [0, 0.1) is 0 Å². The largest absolute Gasteiger partial charge is 0.494 e. The van der Waals surface area contributed by atoms with E-state index in [1.807, 2.05) is 45.3 Å². The third kappa shape index (κ3) is 4.56. The van der Waals surface area contributed by atoms with Crippen LogP contribution in [-0.2, 0) is 0 Å². The third-order valence-electron chi connectivity index (χ3n) is 5.82. The monoisotopic (exact) mass is 462 g/mol. The number of carbonyl (C=O) groups is 1. The van der Waals surface area contributed by atoms with Gasteiger partial charge in [-0.25, -0.2) is 0 Å². The van der Waals surface area contributed by atoms with Crippen LogP contribution in [-0.4, -0.2) is 56.1 Å². The highest BCUT2D eigenvalue weighted by molar-refractivity contribution is 5.99. The van der Waals surface area contributed by atoms with Crippen molar-refractivity contribution in [1.29, 1.82) is 0 Å². The molecule has 1 aliphatic heterocycles. The van der Waals surface area contributed by atoms with Gasteiger partial charge in [-0.1, -0.05) is 24.8 Å². The van der Waals surface area contributed by atoms with Gasteiger partial charge in [0.2, 0.25) is 5.76 Å². The van der Waals surface area contributed by atoms with Gasteiger partial charge in [-0.15, -0.1) is 0 Å². The van der Waals surface area contributed by atoms with Crippen molar-refractivity contribution in [3.63, 3.8) is 0 Å². The maximum atomic E-state index is 13.6. The molecule has 0 aliphatic carbocycles. The molecule has 2 aromatic carbocycles. The SMILES string of the molecule is C=CCOc1ccc(C2c3c(oc4cc(OCC)ccc4c3=O)C(=O)N2CCCN(C)C)cc1. The summed E-state index contributed by atoms with van der Waals surface area (Å²) in [5.41, 5.74) is 1.37. The molecule has 0 spiro atoms. The molecule has 178 valence electrons. The van der Waals surface area contributed by atoms with E-state index in [2.05, 4.69) is 11.5 Å². The van der Waals surface area contributed by atoms with Crippen molar-refractivity contribution >= 4 is 16.9 Å². The lowest BCUT2D eigenvalue weighted by molar-refractivity contribution is 0.0722. The zero-order valence-corrected chi connectivity index (χ0v) is 19.9. The van der Waals surface area contributed by atoms with E-state index in [1.165, 1.54) is 0 Å². The Kier molecular flexibility index (Phi) is 7.03. The molecule has 0 radical (unpaired) electrons. The van der Waals surface area contributed by atoms with Crippen LogP contribution in [0.1, 0.15) is 41.1 Å². The molecule has 1 amide bonds. The lowest BCUT2D eigenvalue weighted by Crippen LogP contribution is -2.32. The minimum absolute atomic E-state index is 0.105. The fourth-order valence-electron chi connectivity index (χ4n) is 4.29. The van der Waals surface area contributed by atoms with Crippen LogP contribution in [0.15, 0.2) is 64.3 Å². The van der Waals surface area contributed by atoms with Gasteiger partial charge in [-0.2, -0.15) is 0 Å². The molecule has 34 heavy (non-hydrogen) atoms. The summed E-state index contributed by atoms with van der Waals surface area (Å²) in [6.07, 6.45) is 2.45. The summed E-state index contributed by atoms with van der Waals surface area (Å²) in [6, 6.07) is 12.1. The Hall–Kier alpha value is -3.58. The van der Waals surface area contributed by atoms with E-state index >= 15 is 0 Å². The average molecular weight is 463 g/mol. The second-order valence-corrected chi connectivity index (χ2v) is 8.49. The van der Waals surface area contributed by atoms with Crippen molar-refractivity contribution in [2.75, 3.05) is 40.4 Å². The molecule has 0 fully saturated rings. The first kappa shape index (κ1) is 23.6. The lowest BCUT2D eigenvalue weighted by atomic mass is 9.98. The second kappa shape index (κ2) is 10.1. The number of carbonyl (C=O) groups excluding carboxylic acids is 1. The Bertz CT molecular complexity index is 1250. The quantitative estimate of drug-likeness (QED) is 0.420. The van der Waals surface area contributed by atoms with Gasteiger partial charge in [0, 0.05) is 12.6 Å². The number of nitrogens with zero attached hydrogens (tertiary/aromatic N) is 2. The highest BCUT2D eigenvalue weighted by Gasteiger charge is 2.42. The Balaban J connectivity index is 1.80. The smallest absolute Gasteiger partial charge is 0.290 e. The van der Waals surface area contributed by atoms with Crippen molar-refractivity contribution in [3.05, 3.63) is 82.2 Å². The van der Waals surface area contributed by atoms with E-state index in [1.54, 1.807) is 29.2 Å². The van der Waals surface area contributed by atoms with Crippen LogP contribution >= 0.6 is 0 Å². The molecule has 0 N–H and O–H groups in total. The Morgan fingerprint density at radius 2 is 1.82 bits per heavy atom. The number of fused-ring (bicyclic) bond motifs is 2. The van der Waals surface area contributed by atoms with Gasteiger partial charge >= 0.3 is 0 Å². The van der Waals surface area contributed by atoms with Crippen LogP contribution < -0.4 is 14.9 Å². The highest BCUT2D eigenvalue weighted by Crippen LogP contribution is 2.39. The topological polar surface area (TPSA) is 72.2 Å². The first-order valence-corrected chi connectivity index (χ1v) is 11.5. The molecule has 7 heteroatoms. The molecule has 0 saturated carbocycles. The van der Waals surface area contributed by atoms with E-state index in [-0.39, 0.29) is 17.1 Å². The van der Waals surface area contributed by atoms with E-state index in [4.69, 9.17) is 13.9 Å². The van der Waals surface area contributed by atoms with Crippen molar-refractivity contribution in [3.8, 4) is 11.5 Å². The molecule has 7 nitrogen and oxygen atoms in total. The van der Waals surface area contributed by atoms with Gasteiger partial charge in [0.25, 0.3) is 5.91 Å². The zero-order chi connectivity index (χ0) is 24.2. The first-order valence-electron chi connectivity index (χ1n) is 11.5. The van der Waals surface area contributed by atoms with Gasteiger partial charge in [-0.3, -0.25) is 9.59 Å². The number of amides is 1. The third-order valence-corrected chi connectivity index (χ3v) is 5.82. The van der Waals surface area contributed by atoms with Gasteiger partial charge in [-0.05, 0) is 63.8 Å². The first-order chi connectivity index (χ1) is 16.4. The number of hydrogen-bond donors (Lipinski definition) is 0. The van der Waals surface area contributed by atoms with Crippen LogP contribution in [0.25, 0.3) is 11.0 Å². The number of hydrogen-bond acceptors (Lipinski definition) is 6. The van der Waals surface area contributed by atoms with Crippen LogP contribution in [0.3, 0.4) is 0 Å². The molecule has 1 atom stereocenters. The summed E-state index contributed by atoms with van der Waals surface area (Å²) in [7, 11) is 3.99. The molecule has 1 aromatic heterocycles. The number of rotatable bonds is 10. The average Bonchev–Trinajstić information content (AvgIpc) is 3.10. The van der Waals surface area contributed by atoms with Crippen LogP contribution in [0.5, 0.6) is 11.5 Å². The lowest BCUT2D eigenvalue weighted by Gasteiger charge is -2.26. The number of ether oxygens (including phenoxy) is 2. The van der Waals surface area contributed by atoms with E-state index in [0.717, 1.165) is 18.5 Å². The Morgan fingerprint density at radius 3 is 2.50 bits per heavy atom. The predicted molar refractivity (Wildman–Crippen MR) is 132 cm³/mol. The van der Waals surface area contributed by atoms with Gasteiger partial charge in [0.15, 0.2) is 5.43 Å². The molecule has 0 bridgehead atoms. The van der Waals surface area contributed by atoms with Crippen LogP contribution in [0.4, 0.5) is 0 Å². The maximum absolute atomic E-state index is 13.6. The fraction of sp³-hybridized carbons (Fsp3) is 0.333. The van der Waals surface area contributed by atoms with E-state index in [9.17, 15) is 9.59 Å². The van der Waals surface area contributed by atoms with E-state index < -0.39 is 6.04 Å². The Labute approximate surface area is 199 Å². The van der Waals surface area contributed by atoms with Crippen molar-refractivity contribution < 1.29 is 18.7 Å². The minimum atomic E-state index is -0.523. The molecule has 1 unspecified atom stereocenters. The summed E-state index contributed by atoms with van der Waals surface area (Å²) in [6.45, 7) is 7.77. The fourth-order valence-corrected chi connectivity index (χ4v) is 4.29. The molecule has 4 rings (SSSR count). The summed E-state index contributed by atoms with van der Waals surface area (Å²) in [5, 5.41) is 0.432. The van der Waals surface area contributed by atoms with Gasteiger partial charge < -0.3 is 23.7 Å². The summed E-state index contributed by atoms with van der Waals surface area (Å²) in [5.74, 6) is 1.12. The zero-order valence-electron chi connectivity index (χ0n) is 19.9. The van der Waals surface area contributed by atoms with Gasteiger partial charge in [0.1, 0.15) is 23.7 Å². The molecule has 1 aliphatic rings. The van der Waals surface area contributed by atoms with Crippen LogP contribution in [0.2, 0.25) is 0 Å². The van der Waals surface area contributed by atoms with Crippen molar-refractivity contribution in [2.45, 2.75) is 19.4 Å². The van der Waals surface area contributed by atoms with E-state index in [0.29, 0.717) is 47.8 Å². The summed E-state index contributed by atoms with van der Waals surface area (Å²) in [4.78, 5) is 30.9. The molecule has 2 heterocycles. The molecular formula is C27H30N2O5. The van der Waals surface area contributed by atoms with Gasteiger partial charge in [0.05, 0.1) is 23.6 Å². The second-order valence-electron chi connectivity index (χ2n) is 8.49. The van der Waals surface area contributed by atoms with Crippen molar-refractivity contribution in [2.24, 2.45) is 0 Å². The Morgan fingerprint density at radius 1 is 1.09 bits per heavy atom. The highest BCUT2D eigenvalue weighted by atomic mass is 16.5. The van der Waals surface area contributed by atoms with Crippen molar-refractivity contribution in [1.82, 2.24) is 9.80 Å². The number of benzene rings is 2. The predicted octanol–water partition coefficient (Wildman–Crippen LogP) is 4.25.